The summed E-state index contributed by atoms with van der Waals surface area (Å²) in [5.41, 5.74) is 0. The number of carboxylic acids is 1. The molecule has 1 atom stereocenters. The lowest BCUT2D eigenvalue weighted by Gasteiger charge is -2.11. The molecule has 0 spiro atoms. The van der Waals surface area contributed by atoms with E-state index in [2.05, 4.69) is 11.9 Å². The summed E-state index contributed by atoms with van der Waals surface area (Å²) in [7, 11) is 0. The minimum absolute atomic E-state index is 0.0188. The van der Waals surface area contributed by atoms with Crippen LogP contribution in [0.2, 0.25) is 0 Å². The molecule has 4 nitrogen and oxygen atoms in total. The molecule has 0 aliphatic heterocycles. The van der Waals surface area contributed by atoms with E-state index >= 15 is 0 Å². The van der Waals surface area contributed by atoms with Gasteiger partial charge >= 0.3 is 5.97 Å². The van der Waals surface area contributed by atoms with Crippen molar-refractivity contribution in [2.45, 2.75) is 45.1 Å². The summed E-state index contributed by atoms with van der Waals surface area (Å²) in [6, 6.07) is 0.106. The lowest BCUT2D eigenvalue weighted by atomic mass is 10.1. The Morgan fingerprint density at radius 3 is 2.53 bits per heavy atom. The summed E-state index contributed by atoms with van der Waals surface area (Å²) in [6.07, 6.45) is 4.22. The number of unbranched alkanes of at least 4 members (excludes halogenated alkanes) is 1. The molecule has 1 unspecified atom stereocenters. The molecule has 0 fully saturated rings. The van der Waals surface area contributed by atoms with Crippen LogP contribution in [-0.2, 0) is 9.59 Å². The maximum Gasteiger partial charge on any atom is 0.303 e. The Morgan fingerprint density at radius 2 is 2.00 bits per heavy atom. The smallest absolute Gasteiger partial charge is 0.303 e. The summed E-state index contributed by atoms with van der Waals surface area (Å²) >= 11 is 0. The minimum Gasteiger partial charge on any atom is -0.481 e. The van der Waals surface area contributed by atoms with Gasteiger partial charge in [-0.2, -0.15) is 0 Å². The SMILES string of the molecule is C=CCC(C)NC(=O)CCCCC(=O)O. The van der Waals surface area contributed by atoms with E-state index in [9.17, 15) is 9.59 Å². The van der Waals surface area contributed by atoms with Crippen molar-refractivity contribution in [1.29, 1.82) is 0 Å². The van der Waals surface area contributed by atoms with Crippen LogP contribution in [-0.4, -0.2) is 23.0 Å². The monoisotopic (exact) mass is 213 g/mol. The quantitative estimate of drug-likeness (QED) is 0.476. The topological polar surface area (TPSA) is 66.4 Å². The predicted octanol–water partition coefficient (Wildman–Crippen LogP) is 1.71. The number of carbonyl (C=O) groups is 2. The maximum atomic E-state index is 11.3. The molecule has 0 aromatic heterocycles. The second-order valence-corrected chi connectivity index (χ2v) is 3.59. The fourth-order valence-electron chi connectivity index (χ4n) is 1.22. The van der Waals surface area contributed by atoms with Gasteiger partial charge in [0.05, 0.1) is 0 Å². The van der Waals surface area contributed by atoms with Crippen molar-refractivity contribution < 1.29 is 14.7 Å². The number of rotatable bonds is 8. The average molecular weight is 213 g/mol. The zero-order chi connectivity index (χ0) is 11.7. The Bertz CT molecular complexity index is 226. The van der Waals surface area contributed by atoms with Crippen LogP contribution in [0.25, 0.3) is 0 Å². The molecule has 0 saturated heterocycles. The molecule has 0 rings (SSSR count). The van der Waals surface area contributed by atoms with Gasteiger partial charge in [-0.15, -0.1) is 6.58 Å². The number of aliphatic carboxylic acids is 1. The number of carboxylic acid groups (broad SMARTS) is 1. The Labute approximate surface area is 90.4 Å². The van der Waals surface area contributed by atoms with Gasteiger partial charge in [-0.3, -0.25) is 9.59 Å². The van der Waals surface area contributed by atoms with E-state index in [0.29, 0.717) is 19.3 Å². The van der Waals surface area contributed by atoms with Crippen LogP contribution in [0.15, 0.2) is 12.7 Å². The van der Waals surface area contributed by atoms with Crippen LogP contribution in [0.4, 0.5) is 0 Å². The molecular formula is C11H19NO3. The van der Waals surface area contributed by atoms with Crippen LogP contribution < -0.4 is 5.32 Å². The van der Waals surface area contributed by atoms with E-state index in [4.69, 9.17) is 5.11 Å². The van der Waals surface area contributed by atoms with Crippen LogP contribution in [0.5, 0.6) is 0 Å². The highest BCUT2D eigenvalue weighted by Crippen LogP contribution is 2.00. The van der Waals surface area contributed by atoms with Crippen molar-refractivity contribution in [2.24, 2.45) is 0 Å². The molecule has 0 aliphatic carbocycles. The van der Waals surface area contributed by atoms with Gasteiger partial charge in [0.2, 0.25) is 5.91 Å². The highest BCUT2D eigenvalue weighted by Gasteiger charge is 2.05. The van der Waals surface area contributed by atoms with E-state index in [0.717, 1.165) is 6.42 Å². The van der Waals surface area contributed by atoms with Crippen LogP contribution in [0, 0.1) is 0 Å². The third kappa shape index (κ3) is 9.00. The molecular weight excluding hydrogens is 194 g/mol. The Hall–Kier alpha value is -1.32. The third-order valence-corrected chi connectivity index (χ3v) is 1.97. The number of hydrogen-bond acceptors (Lipinski definition) is 2. The summed E-state index contributed by atoms with van der Waals surface area (Å²) in [5, 5.41) is 11.2. The second-order valence-electron chi connectivity index (χ2n) is 3.59. The zero-order valence-electron chi connectivity index (χ0n) is 9.16. The molecule has 1 amide bonds. The maximum absolute atomic E-state index is 11.3. The first kappa shape index (κ1) is 13.7. The van der Waals surface area contributed by atoms with Gasteiger partial charge in [-0.05, 0) is 26.2 Å². The van der Waals surface area contributed by atoms with E-state index in [1.165, 1.54) is 0 Å². The number of nitrogens with one attached hydrogen (secondary N) is 1. The van der Waals surface area contributed by atoms with Gasteiger partial charge in [0, 0.05) is 18.9 Å². The zero-order valence-corrected chi connectivity index (χ0v) is 9.16. The van der Waals surface area contributed by atoms with Crippen molar-refractivity contribution >= 4 is 11.9 Å². The molecule has 0 saturated carbocycles. The molecule has 0 heterocycles. The highest BCUT2D eigenvalue weighted by molar-refractivity contribution is 5.76. The summed E-state index contributed by atoms with van der Waals surface area (Å²) in [4.78, 5) is 21.5. The molecule has 0 bridgehead atoms. The fraction of sp³-hybridized carbons (Fsp3) is 0.636. The molecule has 0 radical (unpaired) electrons. The van der Waals surface area contributed by atoms with Crippen molar-refractivity contribution in [1.82, 2.24) is 5.32 Å². The van der Waals surface area contributed by atoms with Gasteiger partial charge in [-0.1, -0.05) is 6.08 Å². The van der Waals surface area contributed by atoms with Gasteiger partial charge in [0.15, 0.2) is 0 Å². The number of carbonyl (C=O) groups excluding carboxylic acids is 1. The molecule has 86 valence electrons. The molecule has 4 heteroatoms. The average Bonchev–Trinajstić information content (AvgIpc) is 2.12. The van der Waals surface area contributed by atoms with Crippen molar-refractivity contribution in [2.75, 3.05) is 0 Å². The minimum atomic E-state index is -0.810. The molecule has 0 aromatic carbocycles. The van der Waals surface area contributed by atoms with Gasteiger partial charge in [0.1, 0.15) is 0 Å². The first-order chi connectivity index (χ1) is 7.06. The predicted molar refractivity (Wildman–Crippen MR) is 58.5 cm³/mol. The van der Waals surface area contributed by atoms with Gasteiger partial charge in [-0.25, -0.2) is 0 Å². The number of hydrogen-bond donors (Lipinski definition) is 2. The van der Waals surface area contributed by atoms with Crippen molar-refractivity contribution in [3.63, 3.8) is 0 Å². The third-order valence-electron chi connectivity index (χ3n) is 1.97. The van der Waals surface area contributed by atoms with E-state index in [1.807, 2.05) is 6.92 Å². The van der Waals surface area contributed by atoms with Crippen molar-refractivity contribution in [3.8, 4) is 0 Å². The normalized spacial score (nSPS) is 11.8. The van der Waals surface area contributed by atoms with Crippen molar-refractivity contribution in [3.05, 3.63) is 12.7 Å². The van der Waals surface area contributed by atoms with Crippen LogP contribution in [0.3, 0.4) is 0 Å². The Morgan fingerprint density at radius 1 is 1.40 bits per heavy atom. The molecule has 2 N–H and O–H groups in total. The van der Waals surface area contributed by atoms with Crippen LogP contribution in [0.1, 0.15) is 39.0 Å². The Balaban J connectivity index is 3.48. The van der Waals surface area contributed by atoms with E-state index in [1.54, 1.807) is 6.08 Å². The van der Waals surface area contributed by atoms with E-state index < -0.39 is 5.97 Å². The number of amides is 1. The highest BCUT2D eigenvalue weighted by atomic mass is 16.4. The van der Waals surface area contributed by atoms with E-state index in [-0.39, 0.29) is 18.4 Å². The fourth-order valence-corrected chi connectivity index (χ4v) is 1.22. The van der Waals surface area contributed by atoms with Gasteiger partial charge in [0.25, 0.3) is 0 Å². The first-order valence-electron chi connectivity index (χ1n) is 5.18. The van der Waals surface area contributed by atoms with Crippen LogP contribution >= 0.6 is 0 Å². The molecule has 0 aliphatic rings. The molecule has 0 aromatic rings. The lowest BCUT2D eigenvalue weighted by molar-refractivity contribution is -0.137. The summed E-state index contributed by atoms with van der Waals surface area (Å²) < 4.78 is 0. The van der Waals surface area contributed by atoms with Gasteiger partial charge < -0.3 is 10.4 Å². The first-order valence-corrected chi connectivity index (χ1v) is 5.18. The summed E-state index contributed by atoms with van der Waals surface area (Å²) in [5.74, 6) is -0.829. The standard InChI is InChI=1S/C11H19NO3/c1-3-6-9(2)12-10(13)7-4-5-8-11(14)15/h3,9H,1,4-8H2,2H3,(H,12,13)(H,14,15). The Kier molecular flexibility index (Phi) is 7.32. The summed E-state index contributed by atoms with van der Waals surface area (Å²) in [6.45, 7) is 5.50. The second kappa shape index (κ2) is 8.03. The largest absolute Gasteiger partial charge is 0.481 e. The lowest BCUT2D eigenvalue weighted by Crippen LogP contribution is -2.31. The molecule has 15 heavy (non-hydrogen) atoms.